The van der Waals surface area contributed by atoms with Gasteiger partial charge in [0.1, 0.15) is 11.3 Å². The SMILES string of the molecule is Cc1ccc2c(CN3CCC[C@H]3c3ccc(O)cc3)cc(=O)oc2c1. The fourth-order valence-electron chi connectivity index (χ4n) is 3.78. The number of benzene rings is 2. The van der Waals surface area contributed by atoms with E-state index in [2.05, 4.69) is 4.90 Å². The highest BCUT2D eigenvalue weighted by atomic mass is 16.4. The Balaban J connectivity index is 1.68. The molecule has 0 aliphatic carbocycles. The van der Waals surface area contributed by atoms with E-state index in [1.54, 1.807) is 18.2 Å². The summed E-state index contributed by atoms with van der Waals surface area (Å²) in [6.45, 7) is 3.71. The first-order chi connectivity index (χ1) is 12.1. The van der Waals surface area contributed by atoms with Crippen molar-refractivity contribution in [2.45, 2.75) is 32.4 Å². The van der Waals surface area contributed by atoms with Crippen LogP contribution in [-0.4, -0.2) is 16.6 Å². The number of hydrogen-bond donors (Lipinski definition) is 1. The number of aromatic hydroxyl groups is 1. The van der Waals surface area contributed by atoms with E-state index in [9.17, 15) is 9.90 Å². The Labute approximate surface area is 146 Å². The van der Waals surface area contributed by atoms with E-state index < -0.39 is 0 Å². The fourth-order valence-corrected chi connectivity index (χ4v) is 3.78. The standard InChI is InChI=1S/C21H21NO3/c1-14-4-9-18-16(12-21(24)25-20(18)11-14)13-22-10-2-3-19(22)15-5-7-17(23)8-6-15/h4-9,11-12,19,23H,2-3,10,13H2,1H3/t19-/m0/s1. The highest BCUT2D eigenvalue weighted by molar-refractivity contribution is 5.80. The highest BCUT2D eigenvalue weighted by Crippen LogP contribution is 2.34. The average molecular weight is 335 g/mol. The van der Waals surface area contributed by atoms with Crippen molar-refractivity contribution in [3.8, 4) is 5.75 Å². The molecule has 0 unspecified atom stereocenters. The minimum atomic E-state index is -0.298. The van der Waals surface area contributed by atoms with Crippen LogP contribution in [0.15, 0.2) is 57.7 Å². The second-order valence-electron chi connectivity index (χ2n) is 6.81. The van der Waals surface area contributed by atoms with Gasteiger partial charge in [0.2, 0.25) is 0 Å². The van der Waals surface area contributed by atoms with Gasteiger partial charge in [0, 0.05) is 24.0 Å². The second-order valence-corrected chi connectivity index (χ2v) is 6.81. The lowest BCUT2D eigenvalue weighted by Gasteiger charge is -2.25. The van der Waals surface area contributed by atoms with E-state index in [1.165, 1.54) is 5.56 Å². The predicted molar refractivity (Wildman–Crippen MR) is 97.7 cm³/mol. The molecule has 2 aromatic carbocycles. The first-order valence-electron chi connectivity index (χ1n) is 8.66. The van der Waals surface area contributed by atoms with Crippen molar-refractivity contribution in [2.24, 2.45) is 0 Å². The van der Waals surface area contributed by atoms with Gasteiger partial charge in [-0.1, -0.05) is 24.3 Å². The van der Waals surface area contributed by atoms with Gasteiger partial charge < -0.3 is 9.52 Å². The molecular weight excluding hydrogens is 314 g/mol. The zero-order chi connectivity index (χ0) is 17.4. The summed E-state index contributed by atoms with van der Waals surface area (Å²) < 4.78 is 5.37. The van der Waals surface area contributed by atoms with Gasteiger partial charge in [-0.15, -0.1) is 0 Å². The topological polar surface area (TPSA) is 53.7 Å². The molecule has 1 aromatic heterocycles. The zero-order valence-corrected chi connectivity index (χ0v) is 14.2. The summed E-state index contributed by atoms with van der Waals surface area (Å²) in [7, 11) is 0. The Bertz CT molecular complexity index is 959. The molecule has 0 bridgehead atoms. The average Bonchev–Trinajstić information content (AvgIpc) is 3.03. The van der Waals surface area contributed by atoms with E-state index >= 15 is 0 Å². The molecule has 1 fully saturated rings. The quantitative estimate of drug-likeness (QED) is 0.731. The highest BCUT2D eigenvalue weighted by Gasteiger charge is 2.26. The molecule has 0 radical (unpaired) electrons. The number of rotatable bonds is 3. The van der Waals surface area contributed by atoms with Gasteiger partial charge in [0.25, 0.3) is 0 Å². The summed E-state index contributed by atoms with van der Waals surface area (Å²) in [6.07, 6.45) is 2.22. The third-order valence-electron chi connectivity index (χ3n) is 5.00. The summed E-state index contributed by atoms with van der Waals surface area (Å²) >= 11 is 0. The summed E-state index contributed by atoms with van der Waals surface area (Å²) in [5, 5.41) is 10.5. The molecule has 25 heavy (non-hydrogen) atoms. The van der Waals surface area contributed by atoms with Crippen LogP contribution in [0.1, 0.15) is 35.6 Å². The fraction of sp³-hybridized carbons (Fsp3) is 0.286. The lowest BCUT2D eigenvalue weighted by Crippen LogP contribution is -2.23. The molecule has 0 amide bonds. The predicted octanol–water partition coefficient (Wildman–Crippen LogP) is 4.14. The summed E-state index contributed by atoms with van der Waals surface area (Å²) in [5.41, 5.74) is 3.66. The van der Waals surface area contributed by atoms with Crippen LogP contribution in [0.3, 0.4) is 0 Å². The number of aryl methyl sites for hydroxylation is 1. The van der Waals surface area contributed by atoms with Crippen molar-refractivity contribution in [3.63, 3.8) is 0 Å². The molecule has 4 nitrogen and oxygen atoms in total. The Hall–Kier alpha value is -2.59. The number of nitrogens with zero attached hydrogens (tertiary/aromatic N) is 1. The van der Waals surface area contributed by atoms with Crippen LogP contribution in [-0.2, 0) is 6.54 Å². The third-order valence-corrected chi connectivity index (χ3v) is 5.00. The molecule has 4 heteroatoms. The monoisotopic (exact) mass is 335 g/mol. The maximum atomic E-state index is 12.0. The van der Waals surface area contributed by atoms with Crippen LogP contribution in [0.25, 0.3) is 11.0 Å². The van der Waals surface area contributed by atoms with Crippen LogP contribution < -0.4 is 5.63 Å². The Kier molecular flexibility index (Phi) is 4.06. The van der Waals surface area contributed by atoms with Crippen LogP contribution >= 0.6 is 0 Å². The molecule has 1 N–H and O–H groups in total. The van der Waals surface area contributed by atoms with Gasteiger partial charge in [-0.05, 0) is 61.2 Å². The maximum Gasteiger partial charge on any atom is 0.336 e. The molecule has 0 saturated carbocycles. The molecule has 0 spiro atoms. The smallest absolute Gasteiger partial charge is 0.336 e. The van der Waals surface area contributed by atoms with Gasteiger partial charge >= 0.3 is 5.63 Å². The van der Waals surface area contributed by atoms with Crippen molar-refractivity contribution in [1.29, 1.82) is 0 Å². The van der Waals surface area contributed by atoms with Crippen LogP contribution in [0.4, 0.5) is 0 Å². The van der Waals surface area contributed by atoms with Crippen LogP contribution in [0, 0.1) is 6.92 Å². The van der Waals surface area contributed by atoms with Gasteiger partial charge in [-0.3, -0.25) is 4.90 Å². The number of hydrogen-bond acceptors (Lipinski definition) is 4. The largest absolute Gasteiger partial charge is 0.508 e. The molecule has 1 saturated heterocycles. The minimum Gasteiger partial charge on any atom is -0.508 e. The number of fused-ring (bicyclic) bond motifs is 1. The van der Waals surface area contributed by atoms with Crippen LogP contribution in [0.5, 0.6) is 5.75 Å². The van der Waals surface area contributed by atoms with Crippen molar-refractivity contribution >= 4 is 11.0 Å². The molecule has 4 rings (SSSR count). The third kappa shape index (κ3) is 3.17. The van der Waals surface area contributed by atoms with Crippen molar-refractivity contribution in [2.75, 3.05) is 6.54 Å². The zero-order valence-electron chi connectivity index (χ0n) is 14.2. The maximum absolute atomic E-state index is 12.0. The molecule has 1 aliphatic heterocycles. The molecule has 2 heterocycles. The van der Waals surface area contributed by atoms with Crippen molar-refractivity contribution in [1.82, 2.24) is 4.90 Å². The van der Waals surface area contributed by atoms with E-state index in [0.29, 0.717) is 11.6 Å². The molecule has 3 aromatic rings. The van der Waals surface area contributed by atoms with Crippen molar-refractivity contribution < 1.29 is 9.52 Å². The van der Waals surface area contributed by atoms with E-state index in [1.807, 2.05) is 37.3 Å². The summed E-state index contributed by atoms with van der Waals surface area (Å²) in [5.74, 6) is 0.287. The number of phenols is 1. The van der Waals surface area contributed by atoms with Gasteiger partial charge in [0.15, 0.2) is 0 Å². The Morgan fingerprint density at radius 2 is 1.96 bits per heavy atom. The minimum absolute atomic E-state index is 0.287. The molecular formula is C21H21NO3. The lowest BCUT2D eigenvalue weighted by atomic mass is 10.0. The van der Waals surface area contributed by atoms with E-state index in [-0.39, 0.29) is 11.4 Å². The van der Waals surface area contributed by atoms with E-state index in [0.717, 1.165) is 42.4 Å². The first kappa shape index (κ1) is 15.9. The van der Waals surface area contributed by atoms with Gasteiger partial charge in [-0.2, -0.15) is 0 Å². The summed E-state index contributed by atoms with van der Waals surface area (Å²) in [6, 6.07) is 15.4. The van der Waals surface area contributed by atoms with Gasteiger partial charge in [-0.25, -0.2) is 4.79 Å². The van der Waals surface area contributed by atoms with E-state index in [4.69, 9.17) is 4.42 Å². The summed E-state index contributed by atoms with van der Waals surface area (Å²) in [4.78, 5) is 14.4. The Morgan fingerprint density at radius 1 is 1.16 bits per heavy atom. The Morgan fingerprint density at radius 3 is 2.76 bits per heavy atom. The number of phenolic OH excluding ortho intramolecular Hbond substituents is 1. The van der Waals surface area contributed by atoms with Crippen LogP contribution in [0.2, 0.25) is 0 Å². The number of likely N-dealkylation sites (tertiary alicyclic amines) is 1. The normalized spacial score (nSPS) is 18.0. The van der Waals surface area contributed by atoms with Gasteiger partial charge in [0.05, 0.1) is 0 Å². The lowest BCUT2D eigenvalue weighted by molar-refractivity contribution is 0.249. The molecule has 1 atom stereocenters. The second kappa shape index (κ2) is 6.37. The molecule has 128 valence electrons. The van der Waals surface area contributed by atoms with Crippen molar-refractivity contribution in [3.05, 3.63) is 75.6 Å². The first-order valence-corrected chi connectivity index (χ1v) is 8.66. The molecule has 1 aliphatic rings.